The highest BCUT2D eigenvalue weighted by Gasteiger charge is 2.31. The molecular weight excluding hydrogens is 289 g/mol. The van der Waals surface area contributed by atoms with E-state index in [0.29, 0.717) is 0 Å². The Morgan fingerprint density at radius 1 is 1.33 bits per heavy atom. The van der Waals surface area contributed by atoms with Gasteiger partial charge < -0.3 is 14.6 Å². The quantitative estimate of drug-likeness (QED) is 0.866. The molecule has 0 unspecified atom stereocenters. The summed E-state index contributed by atoms with van der Waals surface area (Å²) in [4.78, 5) is 11.0. The molecule has 21 heavy (non-hydrogen) atoms. The third kappa shape index (κ3) is 3.15. The Morgan fingerprint density at radius 2 is 2.00 bits per heavy atom. The monoisotopic (exact) mass is 299 g/mol. The van der Waals surface area contributed by atoms with Gasteiger partial charge in [0.05, 0.1) is 23.0 Å². The van der Waals surface area contributed by atoms with Gasteiger partial charge in [0, 0.05) is 11.6 Å². The van der Waals surface area contributed by atoms with E-state index < -0.39 is 18.1 Å². The van der Waals surface area contributed by atoms with Crippen LogP contribution in [0.1, 0.15) is 21.7 Å². The first-order valence-corrected chi connectivity index (χ1v) is 5.83. The van der Waals surface area contributed by atoms with E-state index in [4.69, 9.17) is 0 Å². The molecule has 0 aliphatic carbocycles. The second-order valence-corrected chi connectivity index (χ2v) is 4.29. The Balaban J connectivity index is 2.46. The van der Waals surface area contributed by atoms with Gasteiger partial charge in [-0.25, -0.2) is 4.68 Å². The van der Waals surface area contributed by atoms with Crippen molar-refractivity contribution in [1.82, 2.24) is 9.78 Å². The average Bonchev–Trinajstić information content (AvgIpc) is 2.63. The van der Waals surface area contributed by atoms with Gasteiger partial charge in [-0.05, 0) is 26.0 Å². The lowest BCUT2D eigenvalue weighted by Gasteiger charge is -2.11. The zero-order chi connectivity index (χ0) is 15.8. The van der Waals surface area contributed by atoms with E-state index in [1.807, 2.05) is 0 Å². The topological polar surface area (TPSA) is 67.2 Å². The Kier molecular flexibility index (Phi) is 3.63. The van der Waals surface area contributed by atoms with Gasteiger partial charge in [-0.3, -0.25) is 0 Å². The second-order valence-electron chi connectivity index (χ2n) is 4.29. The average molecular weight is 299 g/mol. The maximum atomic E-state index is 12.2. The number of alkyl halides is 3. The lowest BCUT2D eigenvalue weighted by molar-refractivity contribution is -0.274. The number of carboxylic acid groups (broad SMARTS) is 1. The molecule has 0 saturated carbocycles. The number of hydrogen-bond acceptors (Lipinski definition) is 4. The molecule has 0 saturated heterocycles. The van der Waals surface area contributed by atoms with E-state index in [0.717, 1.165) is 12.1 Å². The van der Waals surface area contributed by atoms with Crippen LogP contribution >= 0.6 is 0 Å². The zero-order valence-corrected chi connectivity index (χ0v) is 11.1. The summed E-state index contributed by atoms with van der Waals surface area (Å²) in [5.41, 5.74) is 0.647. The van der Waals surface area contributed by atoms with Gasteiger partial charge in [-0.1, -0.05) is 6.07 Å². The third-order valence-corrected chi connectivity index (χ3v) is 2.79. The highest BCUT2D eigenvalue weighted by atomic mass is 19.4. The largest absolute Gasteiger partial charge is 0.573 e. The molecule has 0 spiro atoms. The van der Waals surface area contributed by atoms with Gasteiger partial charge in [0.15, 0.2) is 0 Å². The Hall–Kier alpha value is -2.51. The summed E-state index contributed by atoms with van der Waals surface area (Å²) in [6.45, 7) is 2.97. The van der Waals surface area contributed by atoms with Crippen molar-refractivity contribution in [3.63, 3.8) is 0 Å². The minimum atomic E-state index is -4.80. The van der Waals surface area contributed by atoms with Crippen LogP contribution in [0.2, 0.25) is 0 Å². The number of ether oxygens (including phenoxy) is 1. The number of carboxylic acids is 1. The minimum absolute atomic E-state index is 0.0860. The molecule has 1 aromatic heterocycles. The van der Waals surface area contributed by atoms with Crippen molar-refractivity contribution in [2.24, 2.45) is 0 Å². The molecule has 112 valence electrons. The van der Waals surface area contributed by atoms with Crippen LogP contribution in [-0.2, 0) is 0 Å². The molecule has 0 N–H and O–H groups in total. The number of nitrogens with zero attached hydrogens (tertiary/aromatic N) is 2. The molecule has 0 amide bonds. The van der Waals surface area contributed by atoms with Crippen molar-refractivity contribution in [2.45, 2.75) is 20.2 Å². The number of carbonyl (C=O) groups excluding carboxylic acids is 1. The smallest absolute Gasteiger partial charge is 0.545 e. The highest BCUT2D eigenvalue weighted by molar-refractivity contribution is 5.88. The molecule has 0 aliphatic heterocycles. The molecule has 8 heteroatoms. The van der Waals surface area contributed by atoms with Crippen LogP contribution in [0.4, 0.5) is 13.2 Å². The van der Waals surface area contributed by atoms with Gasteiger partial charge >= 0.3 is 6.36 Å². The molecule has 0 bridgehead atoms. The van der Waals surface area contributed by atoms with Crippen molar-refractivity contribution in [3.05, 3.63) is 41.2 Å². The molecule has 5 nitrogen and oxygen atoms in total. The minimum Gasteiger partial charge on any atom is -0.545 e. The Bertz CT molecular complexity index is 692. The zero-order valence-electron chi connectivity index (χ0n) is 11.1. The van der Waals surface area contributed by atoms with Crippen molar-refractivity contribution in [3.8, 4) is 11.4 Å². The molecule has 1 aromatic carbocycles. The highest BCUT2D eigenvalue weighted by Crippen LogP contribution is 2.25. The number of rotatable bonds is 3. The van der Waals surface area contributed by atoms with Gasteiger partial charge in [0.1, 0.15) is 5.75 Å². The molecule has 1 heterocycles. The van der Waals surface area contributed by atoms with Crippen LogP contribution in [0.25, 0.3) is 5.69 Å². The van der Waals surface area contributed by atoms with Crippen molar-refractivity contribution in [2.75, 3.05) is 0 Å². The van der Waals surface area contributed by atoms with E-state index in [2.05, 4.69) is 9.84 Å². The van der Waals surface area contributed by atoms with Gasteiger partial charge in [-0.2, -0.15) is 5.10 Å². The molecule has 2 rings (SSSR count). The third-order valence-electron chi connectivity index (χ3n) is 2.79. The van der Waals surface area contributed by atoms with Crippen LogP contribution in [0, 0.1) is 13.8 Å². The maximum absolute atomic E-state index is 12.2. The van der Waals surface area contributed by atoms with Crippen LogP contribution in [-0.4, -0.2) is 22.1 Å². The first kappa shape index (κ1) is 14.9. The summed E-state index contributed by atoms with van der Waals surface area (Å²) in [6.07, 6.45) is -4.80. The number of benzene rings is 1. The van der Waals surface area contributed by atoms with Crippen LogP contribution in [0.3, 0.4) is 0 Å². The van der Waals surface area contributed by atoms with Crippen LogP contribution in [0.15, 0.2) is 24.3 Å². The molecule has 0 radical (unpaired) electrons. The van der Waals surface area contributed by atoms with Crippen molar-refractivity contribution in [1.29, 1.82) is 0 Å². The molecular formula is C13H10F3N2O3-. The number of halogens is 3. The fraction of sp³-hybridized carbons (Fsp3) is 0.231. The molecule has 2 aromatic rings. The second kappa shape index (κ2) is 5.12. The van der Waals surface area contributed by atoms with E-state index in [1.54, 1.807) is 0 Å². The maximum Gasteiger partial charge on any atom is 0.573 e. The van der Waals surface area contributed by atoms with Crippen molar-refractivity contribution < 1.29 is 27.8 Å². The molecule has 0 aliphatic rings. The molecule has 0 atom stereocenters. The van der Waals surface area contributed by atoms with E-state index in [1.165, 1.54) is 30.7 Å². The van der Waals surface area contributed by atoms with Gasteiger partial charge in [0.25, 0.3) is 0 Å². The summed E-state index contributed by atoms with van der Waals surface area (Å²) in [5, 5.41) is 15.0. The molecule has 0 fully saturated rings. The van der Waals surface area contributed by atoms with Crippen molar-refractivity contribution >= 4 is 5.97 Å². The van der Waals surface area contributed by atoms with Gasteiger partial charge in [-0.15, -0.1) is 13.2 Å². The number of aromatic carboxylic acids is 1. The van der Waals surface area contributed by atoms with Gasteiger partial charge in [0.2, 0.25) is 0 Å². The predicted molar refractivity (Wildman–Crippen MR) is 64.1 cm³/mol. The number of hydrogen-bond donors (Lipinski definition) is 0. The predicted octanol–water partition coefficient (Wildman–Crippen LogP) is 1.75. The summed E-state index contributed by atoms with van der Waals surface area (Å²) < 4.78 is 41.6. The fourth-order valence-electron chi connectivity index (χ4n) is 2.00. The van der Waals surface area contributed by atoms with Crippen LogP contribution in [0.5, 0.6) is 5.75 Å². The summed E-state index contributed by atoms with van der Waals surface area (Å²) in [6, 6.07) is 5.10. The Labute approximate surface area is 117 Å². The number of aromatic nitrogens is 2. The van der Waals surface area contributed by atoms with Crippen LogP contribution < -0.4 is 9.84 Å². The summed E-state index contributed by atoms with van der Waals surface area (Å²) in [7, 11) is 0. The number of carbonyl (C=O) groups is 1. The lowest BCUT2D eigenvalue weighted by atomic mass is 10.2. The number of aryl methyl sites for hydroxylation is 1. The van der Waals surface area contributed by atoms with E-state index >= 15 is 0 Å². The standard InChI is InChI=1S/C13H11F3N2O3/c1-7-11(12(19)20)8(2)18(17-7)9-4-3-5-10(6-9)21-13(14,15)16/h3-6H,1-2H3,(H,19,20)/p-1. The normalized spacial score (nSPS) is 11.5. The first-order chi connectivity index (χ1) is 9.69. The van der Waals surface area contributed by atoms with E-state index in [-0.39, 0.29) is 22.6 Å². The summed E-state index contributed by atoms with van der Waals surface area (Å²) >= 11 is 0. The lowest BCUT2D eigenvalue weighted by Crippen LogP contribution is -2.23. The van der Waals surface area contributed by atoms with E-state index in [9.17, 15) is 23.1 Å². The fourth-order valence-corrected chi connectivity index (χ4v) is 2.00. The Morgan fingerprint density at radius 3 is 2.52 bits per heavy atom. The first-order valence-electron chi connectivity index (χ1n) is 5.83. The summed E-state index contributed by atoms with van der Waals surface area (Å²) in [5.74, 6) is -1.80. The SMILES string of the molecule is Cc1nn(-c2cccc(OC(F)(F)F)c2)c(C)c1C(=O)[O-].